The van der Waals surface area contributed by atoms with E-state index in [-0.39, 0.29) is 12.0 Å². The van der Waals surface area contributed by atoms with Gasteiger partial charge in [0.1, 0.15) is 5.82 Å². The van der Waals surface area contributed by atoms with E-state index in [9.17, 15) is 18.7 Å². The van der Waals surface area contributed by atoms with E-state index in [1.807, 2.05) is 24.3 Å². The van der Waals surface area contributed by atoms with Gasteiger partial charge in [-0.05, 0) is 29.2 Å². The maximum Gasteiger partial charge on any atom is 0.336 e. The monoisotopic (exact) mass is 427 g/mol. The van der Waals surface area contributed by atoms with E-state index in [4.69, 9.17) is 0 Å². The van der Waals surface area contributed by atoms with Gasteiger partial charge in [-0.3, -0.25) is 0 Å². The van der Waals surface area contributed by atoms with Gasteiger partial charge in [0.05, 0.1) is 12.1 Å². The highest BCUT2D eigenvalue weighted by atomic mass is 19.3. The van der Waals surface area contributed by atoms with Crippen molar-refractivity contribution in [1.29, 1.82) is 0 Å². The molecular weight excluding hydrogens is 400 g/mol. The third-order valence-corrected chi connectivity index (χ3v) is 5.28. The fourth-order valence-corrected chi connectivity index (χ4v) is 3.42. The molecule has 3 aromatic rings. The summed E-state index contributed by atoms with van der Waals surface area (Å²) in [6, 6.07) is 14.2. The number of hydrogen-bond acceptors (Lipinski definition) is 3. The minimum absolute atomic E-state index is 0.233. The Balaban J connectivity index is 1.86. The molecule has 164 valence electrons. The molecule has 0 atom stereocenters. The molecule has 0 aliphatic heterocycles. The van der Waals surface area contributed by atoms with Gasteiger partial charge in [-0.25, -0.2) is 14.5 Å². The Hall–Kier alpha value is -3.09. The Labute approximate surface area is 180 Å². The second-order valence-corrected chi connectivity index (χ2v) is 7.57. The minimum atomic E-state index is -3.05. The van der Waals surface area contributed by atoms with E-state index in [0.29, 0.717) is 24.4 Å². The van der Waals surface area contributed by atoms with Gasteiger partial charge in [0.25, 0.3) is 0 Å². The zero-order chi connectivity index (χ0) is 22.4. The fraction of sp³-hybridized carbons (Fsp3) is 0.375. The van der Waals surface area contributed by atoms with Gasteiger partial charge in [0.15, 0.2) is 0 Å². The molecule has 0 fully saturated rings. The number of unbranched alkanes of at least 4 members (excludes halogenated alkanes) is 2. The van der Waals surface area contributed by atoms with Crippen molar-refractivity contribution in [3.63, 3.8) is 0 Å². The number of rotatable bonds is 10. The minimum Gasteiger partial charge on any atom is -0.478 e. The summed E-state index contributed by atoms with van der Waals surface area (Å²) >= 11 is 0. The van der Waals surface area contributed by atoms with Crippen LogP contribution in [0.4, 0.5) is 8.78 Å². The summed E-state index contributed by atoms with van der Waals surface area (Å²) in [5.74, 6) is -3.89. The van der Waals surface area contributed by atoms with Gasteiger partial charge in [0.2, 0.25) is 5.82 Å². The molecule has 2 aromatic carbocycles. The van der Waals surface area contributed by atoms with Crippen molar-refractivity contribution in [3.8, 4) is 11.1 Å². The number of carboxylic acid groups (broad SMARTS) is 1. The van der Waals surface area contributed by atoms with Crippen molar-refractivity contribution >= 4 is 5.97 Å². The van der Waals surface area contributed by atoms with Gasteiger partial charge in [-0.1, -0.05) is 69.2 Å². The molecule has 0 aliphatic carbocycles. The smallest absolute Gasteiger partial charge is 0.336 e. The molecule has 1 heterocycles. The van der Waals surface area contributed by atoms with Crippen molar-refractivity contribution in [2.75, 3.05) is 0 Å². The molecule has 0 radical (unpaired) electrons. The second kappa shape index (κ2) is 9.81. The third kappa shape index (κ3) is 5.34. The van der Waals surface area contributed by atoms with Crippen molar-refractivity contribution in [3.05, 3.63) is 71.3 Å². The molecule has 0 saturated heterocycles. The predicted molar refractivity (Wildman–Crippen MR) is 115 cm³/mol. The molecule has 0 aliphatic rings. The summed E-state index contributed by atoms with van der Waals surface area (Å²) in [7, 11) is 0. The molecule has 3 rings (SSSR count). The van der Waals surface area contributed by atoms with Crippen LogP contribution >= 0.6 is 0 Å². The van der Waals surface area contributed by atoms with Crippen LogP contribution in [-0.2, 0) is 18.9 Å². The Kier molecular flexibility index (Phi) is 7.15. The normalized spacial score (nSPS) is 11.6. The Bertz CT molecular complexity index is 1030. The van der Waals surface area contributed by atoms with Crippen LogP contribution in [0.5, 0.6) is 0 Å². The van der Waals surface area contributed by atoms with Crippen molar-refractivity contribution in [2.24, 2.45) is 0 Å². The lowest BCUT2D eigenvalue weighted by Gasteiger charge is -2.09. The molecule has 0 amide bonds. The maximum absolute atomic E-state index is 14.2. The van der Waals surface area contributed by atoms with E-state index in [0.717, 1.165) is 30.4 Å². The number of alkyl halides is 2. The third-order valence-electron chi connectivity index (χ3n) is 5.28. The van der Waals surface area contributed by atoms with E-state index in [2.05, 4.69) is 17.0 Å². The van der Waals surface area contributed by atoms with E-state index >= 15 is 0 Å². The Morgan fingerprint density at radius 3 is 2.42 bits per heavy atom. The quantitative estimate of drug-likeness (QED) is 0.408. The molecule has 31 heavy (non-hydrogen) atoms. The average Bonchev–Trinajstić information content (AvgIpc) is 3.18. The lowest BCUT2D eigenvalue weighted by atomic mass is 9.99. The molecule has 1 N–H and O–H groups in total. The van der Waals surface area contributed by atoms with Gasteiger partial charge in [0, 0.05) is 12.8 Å². The van der Waals surface area contributed by atoms with Crippen LogP contribution in [0.3, 0.4) is 0 Å². The molecule has 0 saturated carbocycles. The number of aromatic nitrogens is 3. The molecular formula is C24H27F2N3O2. The SMILES string of the molecule is CCCCCc1nc(C(F)(F)CC)nn1Cc1ccc(-c2ccccc2C(=O)O)cc1. The fourth-order valence-electron chi connectivity index (χ4n) is 3.42. The maximum atomic E-state index is 14.2. The zero-order valence-electron chi connectivity index (χ0n) is 17.8. The molecule has 0 bridgehead atoms. The molecule has 0 unspecified atom stereocenters. The predicted octanol–water partition coefficient (Wildman–Crippen LogP) is 5.93. The number of carboxylic acids is 1. The van der Waals surface area contributed by atoms with Crippen molar-refractivity contribution < 1.29 is 18.7 Å². The zero-order valence-corrected chi connectivity index (χ0v) is 17.8. The summed E-state index contributed by atoms with van der Waals surface area (Å²) < 4.78 is 29.9. The van der Waals surface area contributed by atoms with Crippen LogP contribution in [0, 0.1) is 0 Å². The van der Waals surface area contributed by atoms with Gasteiger partial charge < -0.3 is 5.11 Å². The molecule has 7 heteroatoms. The first kappa shape index (κ1) is 22.6. The summed E-state index contributed by atoms with van der Waals surface area (Å²) in [6.07, 6.45) is 3.17. The average molecular weight is 427 g/mol. The molecule has 1 aromatic heterocycles. The van der Waals surface area contributed by atoms with Crippen LogP contribution in [0.25, 0.3) is 11.1 Å². The lowest BCUT2D eigenvalue weighted by Crippen LogP contribution is -2.14. The number of benzene rings is 2. The molecule has 0 spiro atoms. The molecule has 5 nitrogen and oxygen atoms in total. The topological polar surface area (TPSA) is 68.0 Å². The number of aromatic carboxylic acids is 1. The summed E-state index contributed by atoms with van der Waals surface area (Å²) in [6.45, 7) is 3.84. The second-order valence-electron chi connectivity index (χ2n) is 7.57. The van der Waals surface area contributed by atoms with E-state index in [1.165, 1.54) is 6.92 Å². The summed E-state index contributed by atoms with van der Waals surface area (Å²) in [5.41, 5.74) is 2.52. The first-order chi connectivity index (χ1) is 14.9. The number of halogens is 2. The standard InChI is InChI=1S/C24H27F2N3O2/c1-3-5-6-11-21-27-23(24(25,26)4-2)28-29(21)16-17-12-14-18(15-13-17)19-9-7-8-10-20(19)22(30)31/h7-10,12-15H,3-6,11,16H2,1-2H3,(H,30,31). The number of hydrogen-bond donors (Lipinski definition) is 1. The van der Waals surface area contributed by atoms with Gasteiger partial charge in [-0.15, -0.1) is 5.10 Å². The largest absolute Gasteiger partial charge is 0.478 e. The number of nitrogens with zero attached hydrogens (tertiary/aromatic N) is 3. The van der Waals surface area contributed by atoms with Crippen LogP contribution in [0.15, 0.2) is 48.5 Å². The van der Waals surface area contributed by atoms with Crippen LogP contribution in [0.2, 0.25) is 0 Å². The van der Waals surface area contributed by atoms with Crippen molar-refractivity contribution in [2.45, 2.75) is 58.4 Å². The Morgan fingerprint density at radius 2 is 1.77 bits per heavy atom. The summed E-state index contributed by atoms with van der Waals surface area (Å²) in [4.78, 5) is 15.6. The summed E-state index contributed by atoms with van der Waals surface area (Å²) in [5, 5.41) is 13.5. The van der Waals surface area contributed by atoms with Gasteiger partial charge >= 0.3 is 11.9 Å². The highest BCUT2D eigenvalue weighted by molar-refractivity contribution is 5.95. The van der Waals surface area contributed by atoms with Crippen LogP contribution < -0.4 is 0 Å². The van der Waals surface area contributed by atoms with E-state index < -0.39 is 17.7 Å². The Morgan fingerprint density at radius 1 is 1.06 bits per heavy atom. The van der Waals surface area contributed by atoms with Crippen LogP contribution in [-0.4, -0.2) is 25.8 Å². The highest BCUT2D eigenvalue weighted by Gasteiger charge is 2.35. The first-order valence-corrected chi connectivity index (χ1v) is 10.6. The number of carbonyl (C=O) groups is 1. The van der Waals surface area contributed by atoms with Crippen molar-refractivity contribution in [1.82, 2.24) is 14.8 Å². The lowest BCUT2D eigenvalue weighted by molar-refractivity contribution is -0.0177. The highest BCUT2D eigenvalue weighted by Crippen LogP contribution is 2.29. The van der Waals surface area contributed by atoms with E-state index in [1.54, 1.807) is 28.9 Å². The van der Waals surface area contributed by atoms with Crippen LogP contribution in [0.1, 0.15) is 67.1 Å². The number of aryl methyl sites for hydroxylation is 1. The first-order valence-electron chi connectivity index (χ1n) is 10.6. The van der Waals surface area contributed by atoms with Gasteiger partial charge in [-0.2, -0.15) is 8.78 Å².